The summed E-state index contributed by atoms with van der Waals surface area (Å²) < 4.78 is 10.0. The fourth-order valence-electron chi connectivity index (χ4n) is 2.21. The van der Waals surface area contributed by atoms with E-state index >= 15 is 0 Å². The molecule has 2 aromatic rings. The number of methoxy groups -OCH3 is 2. The van der Waals surface area contributed by atoms with Crippen molar-refractivity contribution in [1.82, 2.24) is 4.98 Å². The molecular weight excluding hydrogens is 274 g/mol. The molecule has 1 aliphatic heterocycles. The predicted octanol–water partition coefficient (Wildman–Crippen LogP) is 3.33. The third kappa shape index (κ3) is 2.10. The van der Waals surface area contributed by atoms with Gasteiger partial charge in [0.15, 0.2) is 0 Å². The van der Waals surface area contributed by atoms with Gasteiger partial charge < -0.3 is 14.5 Å². The average Bonchev–Trinajstić information content (AvgIpc) is 3.11. The maximum atomic E-state index is 11.6. The van der Waals surface area contributed by atoms with Crippen molar-refractivity contribution in [3.63, 3.8) is 0 Å². The molecule has 20 heavy (non-hydrogen) atoms. The molecule has 0 bridgehead atoms. The molecule has 0 aliphatic carbocycles. The van der Waals surface area contributed by atoms with E-state index in [-0.39, 0.29) is 5.97 Å². The zero-order chi connectivity index (χ0) is 14.1. The molecular formula is C15H15NO3S. The molecule has 1 aromatic carbocycles. The first-order chi connectivity index (χ1) is 9.72. The van der Waals surface area contributed by atoms with Crippen LogP contribution in [0.3, 0.4) is 0 Å². The highest BCUT2D eigenvalue weighted by atomic mass is 32.2. The standard InChI is InChI=1S/C15H15NO3S/c1-18-11-5-6-20(9-11)14-8-16-13-4-3-10(7-12(13)14)15(17)19-2/h3-9,16,20H,1-2H3. The largest absolute Gasteiger partial charge is 0.496 e. The van der Waals surface area contributed by atoms with Crippen molar-refractivity contribution in [3.05, 3.63) is 52.6 Å². The van der Waals surface area contributed by atoms with Crippen molar-refractivity contribution in [3.8, 4) is 0 Å². The Morgan fingerprint density at radius 3 is 2.85 bits per heavy atom. The fraction of sp³-hybridized carbons (Fsp3) is 0.133. The lowest BCUT2D eigenvalue weighted by molar-refractivity contribution is 0.0601. The first-order valence-electron chi connectivity index (χ1n) is 6.14. The minimum atomic E-state index is -0.535. The Labute approximate surface area is 119 Å². The van der Waals surface area contributed by atoms with Crippen LogP contribution in [0.5, 0.6) is 0 Å². The van der Waals surface area contributed by atoms with Crippen LogP contribution >= 0.6 is 10.9 Å². The third-order valence-corrected chi connectivity index (χ3v) is 5.19. The van der Waals surface area contributed by atoms with E-state index in [1.807, 2.05) is 24.4 Å². The van der Waals surface area contributed by atoms with Crippen LogP contribution in [0, 0.1) is 0 Å². The first kappa shape index (κ1) is 12.9. The van der Waals surface area contributed by atoms with E-state index in [0.717, 1.165) is 16.7 Å². The Balaban J connectivity index is 2.06. The van der Waals surface area contributed by atoms with Crippen LogP contribution in [0.4, 0.5) is 0 Å². The van der Waals surface area contributed by atoms with E-state index in [1.54, 1.807) is 13.2 Å². The van der Waals surface area contributed by atoms with Crippen LogP contribution in [0.15, 0.2) is 51.9 Å². The van der Waals surface area contributed by atoms with E-state index in [1.165, 1.54) is 12.0 Å². The van der Waals surface area contributed by atoms with E-state index in [9.17, 15) is 4.79 Å². The van der Waals surface area contributed by atoms with Gasteiger partial charge in [-0.05, 0) is 29.7 Å². The quantitative estimate of drug-likeness (QED) is 0.673. The number of carbonyl (C=O) groups excluding carboxylic acids is 1. The molecule has 0 radical (unpaired) electrons. The molecule has 0 amide bonds. The number of thiol groups is 1. The van der Waals surface area contributed by atoms with Gasteiger partial charge in [0.05, 0.1) is 19.8 Å². The minimum Gasteiger partial charge on any atom is -0.496 e. The van der Waals surface area contributed by atoms with Crippen molar-refractivity contribution in [2.45, 2.75) is 4.90 Å². The summed E-state index contributed by atoms with van der Waals surface area (Å²) >= 11 is 0. The summed E-state index contributed by atoms with van der Waals surface area (Å²) in [7, 11) is 2.52. The summed E-state index contributed by atoms with van der Waals surface area (Å²) in [5, 5.41) is 5.31. The second-order valence-electron chi connectivity index (χ2n) is 4.38. The first-order valence-corrected chi connectivity index (χ1v) is 7.62. The van der Waals surface area contributed by atoms with E-state index in [4.69, 9.17) is 9.47 Å². The number of hydrogen-bond acceptors (Lipinski definition) is 3. The highest BCUT2D eigenvalue weighted by molar-refractivity contribution is 8.22. The Kier molecular flexibility index (Phi) is 3.28. The van der Waals surface area contributed by atoms with Crippen LogP contribution in [0.2, 0.25) is 0 Å². The summed E-state index contributed by atoms with van der Waals surface area (Å²) in [6.07, 6.45) is 3.98. The lowest BCUT2D eigenvalue weighted by atomic mass is 10.1. The smallest absolute Gasteiger partial charge is 0.337 e. The molecule has 1 N–H and O–H groups in total. The molecule has 2 heterocycles. The molecule has 1 atom stereocenters. The predicted molar refractivity (Wildman–Crippen MR) is 81.1 cm³/mol. The SMILES string of the molecule is COC(=O)c1ccc2[nH]cc([SH]3C=CC(OC)=C3)c2c1. The third-order valence-electron chi connectivity index (χ3n) is 3.26. The number of carbonyl (C=O) groups is 1. The maximum absolute atomic E-state index is 11.6. The normalized spacial score (nSPS) is 19.1. The molecule has 0 spiro atoms. The number of ether oxygens (including phenoxy) is 2. The minimum absolute atomic E-state index is 0.318. The molecule has 5 heteroatoms. The molecule has 1 unspecified atom stereocenters. The van der Waals surface area contributed by atoms with Crippen molar-refractivity contribution in [2.24, 2.45) is 0 Å². The number of esters is 1. The van der Waals surface area contributed by atoms with Gasteiger partial charge >= 0.3 is 5.97 Å². The molecule has 0 fully saturated rings. The number of nitrogens with one attached hydrogen (secondary N) is 1. The molecule has 0 saturated carbocycles. The lowest BCUT2D eigenvalue weighted by Crippen LogP contribution is -2.00. The fourth-order valence-corrected chi connectivity index (χ4v) is 4.05. The Hall–Kier alpha value is -2.14. The van der Waals surface area contributed by atoms with Crippen molar-refractivity contribution < 1.29 is 14.3 Å². The van der Waals surface area contributed by atoms with Crippen molar-refractivity contribution in [1.29, 1.82) is 0 Å². The Morgan fingerprint density at radius 1 is 1.30 bits per heavy atom. The number of H-pyrrole nitrogens is 1. The highest BCUT2D eigenvalue weighted by Gasteiger charge is 2.15. The number of benzene rings is 1. The molecule has 3 rings (SSSR count). The second-order valence-corrected chi connectivity index (χ2v) is 6.24. The van der Waals surface area contributed by atoms with E-state index < -0.39 is 10.9 Å². The van der Waals surface area contributed by atoms with Gasteiger partial charge in [0.2, 0.25) is 0 Å². The molecule has 1 aromatic heterocycles. The van der Waals surface area contributed by atoms with Crippen LogP contribution < -0.4 is 0 Å². The number of allylic oxidation sites excluding steroid dienone is 1. The summed E-state index contributed by atoms with van der Waals surface area (Å²) in [5.41, 5.74) is 1.58. The molecule has 1 aliphatic rings. The van der Waals surface area contributed by atoms with E-state index in [2.05, 4.69) is 15.8 Å². The molecule has 104 valence electrons. The zero-order valence-electron chi connectivity index (χ0n) is 11.2. The average molecular weight is 289 g/mol. The number of aromatic nitrogens is 1. The van der Waals surface area contributed by atoms with Crippen LogP contribution in [-0.2, 0) is 9.47 Å². The monoisotopic (exact) mass is 289 g/mol. The molecule has 0 saturated heterocycles. The van der Waals surface area contributed by atoms with Crippen molar-refractivity contribution in [2.75, 3.05) is 14.2 Å². The molecule has 4 nitrogen and oxygen atoms in total. The summed E-state index contributed by atoms with van der Waals surface area (Å²) in [4.78, 5) is 16.1. The summed E-state index contributed by atoms with van der Waals surface area (Å²) in [5.74, 6) is 0.566. The Morgan fingerprint density at radius 2 is 2.15 bits per heavy atom. The van der Waals surface area contributed by atoms with Gasteiger partial charge in [0.25, 0.3) is 0 Å². The zero-order valence-corrected chi connectivity index (χ0v) is 12.1. The number of hydrogen-bond donors (Lipinski definition) is 2. The van der Waals surface area contributed by atoms with Crippen molar-refractivity contribution >= 4 is 27.8 Å². The van der Waals surface area contributed by atoms with Gasteiger partial charge in [-0.3, -0.25) is 0 Å². The van der Waals surface area contributed by atoms with Crippen LogP contribution in [0.25, 0.3) is 10.9 Å². The topological polar surface area (TPSA) is 51.3 Å². The van der Waals surface area contributed by atoms with Gasteiger partial charge in [-0.15, -0.1) is 0 Å². The second kappa shape index (κ2) is 5.09. The number of aromatic amines is 1. The maximum Gasteiger partial charge on any atom is 0.337 e. The summed E-state index contributed by atoms with van der Waals surface area (Å²) in [6, 6.07) is 5.55. The van der Waals surface area contributed by atoms with Gasteiger partial charge in [-0.1, -0.05) is 0 Å². The van der Waals surface area contributed by atoms with Gasteiger partial charge in [0, 0.05) is 27.4 Å². The van der Waals surface area contributed by atoms with Crippen LogP contribution in [-0.4, -0.2) is 25.2 Å². The van der Waals surface area contributed by atoms with Gasteiger partial charge in [0.1, 0.15) is 5.76 Å². The Bertz CT molecular complexity index is 730. The highest BCUT2D eigenvalue weighted by Crippen LogP contribution is 2.47. The van der Waals surface area contributed by atoms with Gasteiger partial charge in [-0.2, -0.15) is 10.9 Å². The van der Waals surface area contributed by atoms with Gasteiger partial charge in [-0.25, -0.2) is 4.79 Å². The summed E-state index contributed by atoms with van der Waals surface area (Å²) in [6.45, 7) is 0. The number of fused-ring (bicyclic) bond motifs is 1. The van der Waals surface area contributed by atoms with Crippen LogP contribution in [0.1, 0.15) is 10.4 Å². The lowest BCUT2D eigenvalue weighted by Gasteiger charge is -2.08. The van der Waals surface area contributed by atoms with E-state index in [0.29, 0.717) is 5.56 Å². The number of rotatable bonds is 3.